The summed E-state index contributed by atoms with van der Waals surface area (Å²) in [4.78, 5) is 11.1. The normalized spacial score (nSPS) is 26.9. The second-order valence-corrected chi connectivity index (χ2v) is 5.64. The first kappa shape index (κ1) is 15.0. The molecule has 2 atom stereocenters. The average molecular weight is 255 g/mol. The van der Waals surface area contributed by atoms with E-state index in [0.29, 0.717) is 0 Å². The van der Waals surface area contributed by atoms with E-state index < -0.39 is 0 Å². The zero-order valence-corrected chi connectivity index (χ0v) is 11.9. The van der Waals surface area contributed by atoms with E-state index in [4.69, 9.17) is 9.47 Å². The van der Waals surface area contributed by atoms with Gasteiger partial charge in [0, 0.05) is 7.05 Å². The van der Waals surface area contributed by atoms with Gasteiger partial charge in [0.25, 0.3) is 0 Å². The van der Waals surface area contributed by atoms with Gasteiger partial charge < -0.3 is 14.8 Å². The van der Waals surface area contributed by atoms with Gasteiger partial charge in [0.2, 0.25) is 0 Å². The van der Waals surface area contributed by atoms with Crippen LogP contribution in [0.1, 0.15) is 46.5 Å². The van der Waals surface area contributed by atoms with Gasteiger partial charge in [-0.05, 0) is 52.5 Å². The summed E-state index contributed by atoms with van der Waals surface area (Å²) < 4.78 is 11.2. The summed E-state index contributed by atoms with van der Waals surface area (Å²) in [5, 5.41) is 2.47. The van der Waals surface area contributed by atoms with E-state index in [9.17, 15) is 4.79 Å². The molecule has 0 radical (unpaired) electrons. The quantitative estimate of drug-likeness (QED) is 0.771. The lowest BCUT2D eigenvalue weighted by Gasteiger charge is -2.28. The molecule has 4 heteroatoms. The Hall–Kier alpha value is -1.03. The molecular formula is C14H25NO3. The highest BCUT2D eigenvalue weighted by Crippen LogP contribution is 2.21. The molecule has 1 amide bonds. The van der Waals surface area contributed by atoms with Crippen molar-refractivity contribution in [1.29, 1.82) is 0 Å². The Morgan fingerprint density at radius 3 is 2.67 bits per heavy atom. The van der Waals surface area contributed by atoms with Crippen LogP contribution in [0.3, 0.4) is 0 Å². The summed E-state index contributed by atoms with van der Waals surface area (Å²) in [6.07, 6.45) is 7.56. The standard InChI is InChI=1S/C14H25NO3/c1-14(2,3)18-12-9-5-7-11(8-6-10-12)17-13(16)15-4/h5,7,11-12H,6,8-10H2,1-4H3,(H,15,16)/b7-5+. The van der Waals surface area contributed by atoms with Crippen molar-refractivity contribution < 1.29 is 14.3 Å². The molecule has 4 nitrogen and oxygen atoms in total. The first-order chi connectivity index (χ1) is 8.40. The van der Waals surface area contributed by atoms with Gasteiger partial charge >= 0.3 is 6.09 Å². The van der Waals surface area contributed by atoms with E-state index in [1.807, 2.05) is 6.08 Å². The molecule has 0 bridgehead atoms. The van der Waals surface area contributed by atoms with Crippen molar-refractivity contribution in [1.82, 2.24) is 5.32 Å². The molecule has 0 saturated carbocycles. The summed E-state index contributed by atoms with van der Waals surface area (Å²) in [5.74, 6) is 0. The van der Waals surface area contributed by atoms with Crippen molar-refractivity contribution in [3.05, 3.63) is 12.2 Å². The van der Waals surface area contributed by atoms with Crippen LogP contribution in [0.4, 0.5) is 4.79 Å². The number of hydrogen-bond acceptors (Lipinski definition) is 3. The topological polar surface area (TPSA) is 47.6 Å². The summed E-state index contributed by atoms with van der Waals surface area (Å²) in [7, 11) is 1.57. The zero-order chi connectivity index (χ0) is 13.6. The first-order valence-corrected chi connectivity index (χ1v) is 6.63. The maximum Gasteiger partial charge on any atom is 0.407 e. The van der Waals surface area contributed by atoms with E-state index in [1.54, 1.807) is 7.05 Å². The molecule has 104 valence electrons. The van der Waals surface area contributed by atoms with Gasteiger partial charge in [-0.2, -0.15) is 0 Å². The molecule has 0 aromatic rings. The Morgan fingerprint density at radius 1 is 1.33 bits per heavy atom. The fourth-order valence-electron chi connectivity index (χ4n) is 2.04. The second kappa shape index (κ2) is 6.78. The summed E-state index contributed by atoms with van der Waals surface area (Å²) in [6, 6.07) is 0. The lowest BCUT2D eigenvalue weighted by atomic mass is 10.0. The molecule has 0 aromatic heterocycles. The molecule has 0 aromatic carbocycles. The van der Waals surface area contributed by atoms with Crippen LogP contribution in [0.2, 0.25) is 0 Å². The van der Waals surface area contributed by atoms with Crippen molar-refractivity contribution in [2.24, 2.45) is 0 Å². The lowest BCUT2D eigenvalue weighted by molar-refractivity contribution is -0.0633. The minimum Gasteiger partial charge on any atom is -0.442 e. The van der Waals surface area contributed by atoms with Crippen LogP contribution in [0.25, 0.3) is 0 Å². The smallest absolute Gasteiger partial charge is 0.407 e. The predicted octanol–water partition coefficient (Wildman–Crippen LogP) is 3.02. The molecule has 0 saturated heterocycles. The fraction of sp³-hybridized carbons (Fsp3) is 0.786. The molecule has 2 unspecified atom stereocenters. The van der Waals surface area contributed by atoms with Crippen LogP contribution in [0, 0.1) is 0 Å². The molecule has 1 aliphatic rings. The fourth-order valence-corrected chi connectivity index (χ4v) is 2.04. The summed E-state index contributed by atoms with van der Waals surface area (Å²) in [6.45, 7) is 6.23. The van der Waals surface area contributed by atoms with E-state index in [2.05, 4.69) is 32.2 Å². The van der Waals surface area contributed by atoms with Crippen LogP contribution in [0.5, 0.6) is 0 Å². The highest BCUT2D eigenvalue weighted by atomic mass is 16.6. The van der Waals surface area contributed by atoms with Gasteiger partial charge in [0.05, 0.1) is 11.7 Å². The number of carbonyl (C=O) groups is 1. The minimum absolute atomic E-state index is 0.101. The van der Waals surface area contributed by atoms with Gasteiger partial charge in [0.1, 0.15) is 6.10 Å². The van der Waals surface area contributed by atoms with E-state index in [-0.39, 0.29) is 23.9 Å². The zero-order valence-electron chi connectivity index (χ0n) is 11.9. The molecule has 1 rings (SSSR count). The van der Waals surface area contributed by atoms with Gasteiger partial charge in [-0.15, -0.1) is 0 Å². The molecule has 0 heterocycles. The number of alkyl carbamates (subject to hydrolysis) is 1. The average Bonchev–Trinajstić information content (AvgIpc) is 2.22. The van der Waals surface area contributed by atoms with Gasteiger partial charge in [-0.1, -0.05) is 6.08 Å². The molecule has 0 fully saturated rings. The molecular weight excluding hydrogens is 230 g/mol. The van der Waals surface area contributed by atoms with Crippen LogP contribution < -0.4 is 5.32 Å². The Kier molecular flexibility index (Phi) is 5.66. The number of ether oxygens (including phenoxy) is 2. The van der Waals surface area contributed by atoms with E-state index >= 15 is 0 Å². The van der Waals surface area contributed by atoms with Crippen molar-refractivity contribution >= 4 is 6.09 Å². The molecule has 0 aliphatic heterocycles. The van der Waals surface area contributed by atoms with Gasteiger partial charge in [0.15, 0.2) is 0 Å². The number of hydrogen-bond donors (Lipinski definition) is 1. The van der Waals surface area contributed by atoms with Crippen molar-refractivity contribution in [2.75, 3.05) is 7.05 Å². The van der Waals surface area contributed by atoms with Crippen molar-refractivity contribution in [2.45, 2.75) is 64.3 Å². The predicted molar refractivity (Wildman–Crippen MR) is 71.6 cm³/mol. The highest BCUT2D eigenvalue weighted by molar-refractivity contribution is 5.67. The SMILES string of the molecule is CNC(=O)OC1/C=C/CC(OC(C)(C)C)CCC1. The van der Waals surface area contributed by atoms with E-state index in [0.717, 1.165) is 25.7 Å². The molecule has 1 aliphatic carbocycles. The minimum atomic E-state index is -0.368. The van der Waals surface area contributed by atoms with Gasteiger partial charge in [-0.3, -0.25) is 0 Å². The van der Waals surface area contributed by atoms with Crippen LogP contribution in [0.15, 0.2) is 12.2 Å². The molecule has 0 spiro atoms. The Labute approximate surface area is 110 Å². The Morgan fingerprint density at radius 2 is 2.06 bits per heavy atom. The monoisotopic (exact) mass is 255 g/mol. The Bertz CT molecular complexity index is 294. The summed E-state index contributed by atoms with van der Waals surface area (Å²) >= 11 is 0. The third-order valence-corrected chi connectivity index (χ3v) is 2.75. The third-order valence-electron chi connectivity index (χ3n) is 2.75. The van der Waals surface area contributed by atoms with E-state index in [1.165, 1.54) is 0 Å². The summed E-state index contributed by atoms with van der Waals surface area (Å²) in [5.41, 5.74) is -0.101. The van der Waals surface area contributed by atoms with Crippen LogP contribution in [-0.2, 0) is 9.47 Å². The number of amides is 1. The van der Waals surface area contributed by atoms with Crippen LogP contribution in [-0.4, -0.2) is 30.9 Å². The lowest BCUT2D eigenvalue weighted by Crippen LogP contribution is -2.29. The first-order valence-electron chi connectivity index (χ1n) is 6.63. The number of rotatable bonds is 2. The largest absolute Gasteiger partial charge is 0.442 e. The number of nitrogens with one attached hydrogen (secondary N) is 1. The molecule has 1 N–H and O–H groups in total. The molecule has 18 heavy (non-hydrogen) atoms. The Balaban J connectivity index is 2.45. The maximum atomic E-state index is 11.1. The third kappa shape index (κ3) is 6.05. The number of carbonyl (C=O) groups excluding carboxylic acids is 1. The highest BCUT2D eigenvalue weighted by Gasteiger charge is 2.20. The van der Waals surface area contributed by atoms with Crippen molar-refractivity contribution in [3.63, 3.8) is 0 Å². The second-order valence-electron chi connectivity index (χ2n) is 5.64. The maximum absolute atomic E-state index is 11.1. The van der Waals surface area contributed by atoms with Crippen LogP contribution >= 0.6 is 0 Å². The van der Waals surface area contributed by atoms with Crippen molar-refractivity contribution in [3.8, 4) is 0 Å². The van der Waals surface area contributed by atoms with Gasteiger partial charge in [-0.25, -0.2) is 4.79 Å².